The van der Waals surface area contributed by atoms with Gasteiger partial charge in [-0.2, -0.15) is 0 Å². The summed E-state index contributed by atoms with van der Waals surface area (Å²) >= 11 is 0. The molecule has 0 aliphatic heterocycles. The van der Waals surface area contributed by atoms with Crippen LogP contribution in [0.1, 0.15) is 34.3 Å². The zero-order valence-corrected chi connectivity index (χ0v) is 16.8. The van der Waals surface area contributed by atoms with E-state index in [1.54, 1.807) is 0 Å². The molecule has 0 saturated heterocycles. The van der Waals surface area contributed by atoms with Gasteiger partial charge >= 0.3 is 0 Å². The van der Waals surface area contributed by atoms with Crippen LogP contribution in [0, 0.1) is 11.8 Å². The molecule has 2 amide bonds. The second-order valence-electron chi connectivity index (χ2n) is 8.24. The van der Waals surface area contributed by atoms with Crippen molar-refractivity contribution in [3.8, 4) is 5.75 Å². The molecule has 0 radical (unpaired) electrons. The maximum absolute atomic E-state index is 13.4. The predicted octanol–water partition coefficient (Wildman–Crippen LogP) is -0.494. The molecule has 3 aliphatic rings. The Balaban J connectivity index is 1.93. The molecule has 11 heteroatoms. The Kier molecular flexibility index (Phi) is 4.83. The van der Waals surface area contributed by atoms with E-state index in [1.807, 2.05) is 0 Å². The van der Waals surface area contributed by atoms with Gasteiger partial charge in [-0.05, 0) is 36.0 Å². The highest BCUT2D eigenvalue weighted by Gasteiger charge is 2.61. The molecular formula is C21H21N3O8. The minimum Gasteiger partial charge on any atom is -0.511 e. The number of hydrogen-bond donors (Lipinski definition) is 6. The summed E-state index contributed by atoms with van der Waals surface area (Å²) in [5, 5.41) is 31.7. The number of nitrogens with two attached hydrogens (primary N) is 3. The molecule has 0 fully saturated rings. The number of hydrogen-bond acceptors (Lipinski definition) is 9. The molecular weight excluding hydrogens is 422 g/mol. The monoisotopic (exact) mass is 443 g/mol. The van der Waals surface area contributed by atoms with Gasteiger partial charge in [-0.25, -0.2) is 5.90 Å². The number of phenols is 1. The SMILES string of the molecule is NO[C@@]12C(=O)C(C(N)=O)=C(O)C[C@@H]1C[C@@H]1Cc3c(CC(N)=O)ccc(O)c3C(=O)C1=C2O. The number of benzene rings is 1. The van der Waals surface area contributed by atoms with Crippen LogP contribution in [0.15, 0.2) is 34.8 Å². The average molecular weight is 443 g/mol. The highest BCUT2D eigenvalue weighted by molar-refractivity contribution is 6.24. The van der Waals surface area contributed by atoms with E-state index in [-0.39, 0.29) is 42.6 Å². The van der Waals surface area contributed by atoms with Crippen molar-refractivity contribution >= 4 is 23.4 Å². The largest absolute Gasteiger partial charge is 0.511 e. The van der Waals surface area contributed by atoms with Gasteiger partial charge < -0.3 is 26.8 Å². The molecule has 9 N–H and O–H groups in total. The van der Waals surface area contributed by atoms with Crippen molar-refractivity contribution < 1.29 is 39.3 Å². The van der Waals surface area contributed by atoms with Gasteiger partial charge in [0.2, 0.25) is 17.3 Å². The molecule has 4 rings (SSSR count). The van der Waals surface area contributed by atoms with Gasteiger partial charge in [0.1, 0.15) is 22.8 Å². The Morgan fingerprint density at radius 1 is 1.12 bits per heavy atom. The van der Waals surface area contributed by atoms with Crippen LogP contribution in [0.25, 0.3) is 0 Å². The number of aromatic hydroxyl groups is 1. The first-order valence-corrected chi connectivity index (χ1v) is 9.79. The van der Waals surface area contributed by atoms with Gasteiger partial charge in [0, 0.05) is 17.9 Å². The molecule has 168 valence electrons. The predicted molar refractivity (Wildman–Crippen MR) is 107 cm³/mol. The van der Waals surface area contributed by atoms with Crippen LogP contribution in [0.4, 0.5) is 0 Å². The number of allylic oxidation sites excluding steroid dienone is 2. The normalized spacial score (nSPS) is 27.0. The number of primary amides is 2. The van der Waals surface area contributed by atoms with Crippen LogP contribution >= 0.6 is 0 Å². The third kappa shape index (κ3) is 2.75. The molecule has 1 aromatic rings. The Bertz CT molecular complexity index is 1170. The lowest BCUT2D eigenvalue weighted by molar-refractivity contribution is -0.156. The molecule has 32 heavy (non-hydrogen) atoms. The highest BCUT2D eigenvalue weighted by atomic mass is 16.6. The number of amides is 2. The maximum atomic E-state index is 13.4. The van der Waals surface area contributed by atoms with Crippen molar-refractivity contribution in [2.45, 2.75) is 31.3 Å². The summed E-state index contributed by atoms with van der Waals surface area (Å²) < 4.78 is 0. The molecule has 3 aliphatic carbocycles. The molecule has 0 heterocycles. The number of ketones is 2. The van der Waals surface area contributed by atoms with Crippen molar-refractivity contribution in [2.24, 2.45) is 29.2 Å². The van der Waals surface area contributed by atoms with Crippen molar-refractivity contribution in [3.63, 3.8) is 0 Å². The number of aliphatic hydroxyl groups is 2. The lowest BCUT2D eigenvalue weighted by Gasteiger charge is -2.47. The number of rotatable bonds is 4. The summed E-state index contributed by atoms with van der Waals surface area (Å²) in [6.07, 6.45) is -0.174. The summed E-state index contributed by atoms with van der Waals surface area (Å²) in [4.78, 5) is 54.7. The standard InChI is InChI=1S/C21H21N3O8/c22-13(27)5-7-1-2-11(25)15-10(7)4-8-3-9-6-12(26)16(20(23)31)19(30)21(9,32-24)18(29)14(8)17(15)28/h1-2,8-9,25-26,29H,3-6,24H2,(H2,22,27)(H2,23,31)/t8-,9+,21+/m1/s1. The van der Waals surface area contributed by atoms with Crippen molar-refractivity contribution in [1.82, 2.24) is 0 Å². The number of carbonyl (C=O) groups is 4. The third-order valence-electron chi connectivity index (χ3n) is 6.56. The molecule has 1 aromatic carbocycles. The molecule has 3 atom stereocenters. The number of Topliss-reactive ketones (excluding diaryl/α,β-unsaturated/α-hetero) is 2. The number of carbonyl (C=O) groups excluding carboxylic acids is 4. The zero-order valence-electron chi connectivity index (χ0n) is 16.8. The fourth-order valence-corrected chi connectivity index (χ4v) is 5.22. The lowest BCUT2D eigenvalue weighted by Crippen LogP contribution is -2.59. The quantitative estimate of drug-likeness (QED) is 0.261. The van der Waals surface area contributed by atoms with Gasteiger partial charge in [-0.1, -0.05) is 6.07 Å². The highest BCUT2D eigenvalue weighted by Crippen LogP contribution is 2.52. The topological polar surface area (TPSA) is 216 Å². The van der Waals surface area contributed by atoms with Gasteiger partial charge in [0.05, 0.1) is 12.0 Å². The zero-order chi connectivity index (χ0) is 23.5. The van der Waals surface area contributed by atoms with Crippen LogP contribution in [0.3, 0.4) is 0 Å². The smallest absolute Gasteiger partial charge is 0.255 e. The summed E-state index contributed by atoms with van der Waals surface area (Å²) in [6, 6.07) is 2.74. The summed E-state index contributed by atoms with van der Waals surface area (Å²) in [5.41, 5.74) is 8.04. The van der Waals surface area contributed by atoms with E-state index < -0.39 is 57.9 Å². The summed E-state index contributed by atoms with van der Waals surface area (Å²) in [5.74, 6) is -1.57. The first-order valence-electron chi connectivity index (χ1n) is 9.79. The van der Waals surface area contributed by atoms with Gasteiger partial charge in [-0.3, -0.25) is 24.0 Å². The van der Waals surface area contributed by atoms with Crippen LogP contribution in [0.5, 0.6) is 5.75 Å². The lowest BCUT2D eigenvalue weighted by atomic mass is 9.60. The second-order valence-corrected chi connectivity index (χ2v) is 8.24. The Morgan fingerprint density at radius 3 is 2.41 bits per heavy atom. The van der Waals surface area contributed by atoms with Crippen LogP contribution in [-0.2, 0) is 32.1 Å². The number of phenolic OH excluding ortho intramolecular Hbond substituents is 1. The van der Waals surface area contributed by atoms with Crippen LogP contribution < -0.4 is 17.4 Å². The Labute approximate surface area is 181 Å². The third-order valence-corrected chi connectivity index (χ3v) is 6.56. The fourth-order valence-electron chi connectivity index (χ4n) is 5.22. The molecule has 0 saturated carbocycles. The van der Waals surface area contributed by atoms with Gasteiger partial charge in [0.15, 0.2) is 5.78 Å². The minimum atomic E-state index is -2.28. The number of fused-ring (bicyclic) bond motifs is 3. The Morgan fingerprint density at radius 2 is 1.81 bits per heavy atom. The van der Waals surface area contributed by atoms with E-state index >= 15 is 0 Å². The summed E-state index contributed by atoms with van der Waals surface area (Å²) in [6.45, 7) is 0. The van der Waals surface area contributed by atoms with Crippen molar-refractivity contribution in [3.05, 3.63) is 51.5 Å². The molecule has 0 unspecified atom stereocenters. The Hall–Kier alpha value is -3.70. The number of aliphatic hydroxyl groups excluding tert-OH is 2. The molecule has 11 nitrogen and oxygen atoms in total. The van der Waals surface area contributed by atoms with E-state index in [1.165, 1.54) is 12.1 Å². The van der Waals surface area contributed by atoms with E-state index in [4.69, 9.17) is 22.2 Å². The van der Waals surface area contributed by atoms with E-state index in [0.29, 0.717) is 11.1 Å². The van der Waals surface area contributed by atoms with Crippen molar-refractivity contribution in [2.75, 3.05) is 0 Å². The maximum Gasteiger partial charge on any atom is 0.255 e. The van der Waals surface area contributed by atoms with Gasteiger partial charge in [-0.15, -0.1) is 0 Å². The molecule has 0 bridgehead atoms. The van der Waals surface area contributed by atoms with Gasteiger partial charge in [0.25, 0.3) is 5.91 Å². The second kappa shape index (κ2) is 7.18. The van der Waals surface area contributed by atoms with E-state index in [9.17, 15) is 34.5 Å². The first-order chi connectivity index (χ1) is 15.0. The molecule has 0 spiro atoms. The average Bonchev–Trinajstić information content (AvgIpc) is 2.69. The molecule has 0 aromatic heterocycles. The van der Waals surface area contributed by atoms with Crippen LogP contribution in [-0.4, -0.2) is 44.3 Å². The van der Waals surface area contributed by atoms with Crippen LogP contribution in [0.2, 0.25) is 0 Å². The first kappa shape index (κ1) is 21.5. The van der Waals surface area contributed by atoms with E-state index in [0.717, 1.165) is 0 Å². The van der Waals surface area contributed by atoms with Crippen molar-refractivity contribution in [1.29, 1.82) is 0 Å². The summed E-state index contributed by atoms with van der Waals surface area (Å²) in [7, 11) is 0. The fraction of sp³-hybridized carbons (Fsp3) is 0.333. The van der Waals surface area contributed by atoms with E-state index in [2.05, 4.69) is 0 Å². The minimum absolute atomic E-state index is 0.0787.